The second kappa shape index (κ2) is 5.04. The van der Waals surface area contributed by atoms with E-state index in [0.717, 1.165) is 33.5 Å². The fourth-order valence-electron chi connectivity index (χ4n) is 2.76. The van der Waals surface area contributed by atoms with Gasteiger partial charge in [-0.3, -0.25) is 0 Å². The van der Waals surface area contributed by atoms with Gasteiger partial charge in [-0.15, -0.1) is 0 Å². The van der Waals surface area contributed by atoms with Gasteiger partial charge in [0.2, 0.25) is 0 Å². The van der Waals surface area contributed by atoms with Crippen LogP contribution in [0, 0.1) is 6.92 Å². The minimum atomic E-state index is 0.486. The number of nitrogens with one attached hydrogen (secondary N) is 2. The first kappa shape index (κ1) is 13.2. The number of aromatic amines is 1. The van der Waals surface area contributed by atoms with Crippen molar-refractivity contribution < 1.29 is 0 Å². The third kappa shape index (κ3) is 2.30. The average molecular weight is 308 g/mol. The first-order chi connectivity index (χ1) is 10.7. The van der Waals surface area contributed by atoms with Crippen LogP contribution in [0.15, 0.2) is 54.6 Å². The SMILES string of the molecule is Cc1cc2cc(Nc3cc(Cl)nc4ccccc34)ccc2[nH]1. The zero-order valence-corrected chi connectivity index (χ0v) is 12.8. The first-order valence-electron chi connectivity index (χ1n) is 7.11. The predicted octanol–water partition coefficient (Wildman–Crippen LogP) is 5.42. The Morgan fingerprint density at radius 2 is 1.91 bits per heavy atom. The number of para-hydroxylation sites is 1. The van der Waals surface area contributed by atoms with Crippen LogP contribution < -0.4 is 5.32 Å². The number of benzene rings is 2. The Bertz CT molecular complexity index is 988. The average Bonchev–Trinajstić information content (AvgIpc) is 2.86. The highest BCUT2D eigenvalue weighted by Crippen LogP contribution is 2.29. The third-order valence-electron chi connectivity index (χ3n) is 3.72. The quantitative estimate of drug-likeness (QED) is 0.485. The van der Waals surface area contributed by atoms with E-state index in [4.69, 9.17) is 11.6 Å². The number of nitrogens with zero attached hydrogens (tertiary/aromatic N) is 1. The molecule has 4 rings (SSSR count). The molecular weight excluding hydrogens is 294 g/mol. The van der Waals surface area contributed by atoms with Crippen molar-refractivity contribution in [3.8, 4) is 0 Å². The zero-order chi connectivity index (χ0) is 15.1. The lowest BCUT2D eigenvalue weighted by Gasteiger charge is -2.10. The van der Waals surface area contributed by atoms with Crippen LogP contribution in [0.1, 0.15) is 5.69 Å². The van der Waals surface area contributed by atoms with Crippen molar-refractivity contribution >= 4 is 44.8 Å². The maximum Gasteiger partial charge on any atom is 0.131 e. The third-order valence-corrected chi connectivity index (χ3v) is 3.91. The maximum atomic E-state index is 6.13. The van der Waals surface area contributed by atoms with E-state index in [1.807, 2.05) is 30.3 Å². The summed E-state index contributed by atoms with van der Waals surface area (Å²) in [7, 11) is 0. The molecule has 0 unspecified atom stereocenters. The van der Waals surface area contributed by atoms with Crippen molar-refractivity contribution in [3.63, 3.8) is 0 Å². The van der Waals surface area contributed by atoms with E-state index in [9.17, 15) is 0 Å². The second-order valence-electron chi connectivity index (χ2n) is 5.39. The first-order valence-corrected chi connectivity index (χ1v) is 7.48. The normalized spacial score (nSPS) is 11.2. The molecule has 4 heteroatoms. The molecule has 0 bridgehead atoms. The molecule has 0 atom stereocenters. The van der Waals surface area contributed by atoms with Gasteiger partial charge in [0, 0.05) is 27.7 Å². The van der Waals surface area contributed by atoms with Crippen LogP contribution in [0.4, 0.5) is 11.4 Å². The summed E-state index contributed by atoms with van der Waals surface area (Å²) >= 11 is 6.13. The number of fused-ring (bicyclic) bond motifs is 2. The molecule has 4 aromatic rings. The van der Waals surface area contributed by atoms with Gasteiger partial charge in [-0.1, -0.05) is 29.8 Å². The van der Waals surface area contributed by atoms with Crippen molar-refractivity contribution in [2.24, 2.45) is 0 Å². The number of aromatic nitrogens is 2. The van der Waals surface area contributed by atoms with Crippen LogP contribution in [0.25, 0.3) is 21.8 Å². The zero-order valence-electron chi connectivity index (χ0n) is 12.0. The molecule has 0 fully saturated rings. The van der Waals surface area contributed by atoms with Gasteiger partial charge in [-0.2, -0.15) is 0 Å². The van der Waals surface area contributed by atoms with E-state index in [0.29, 0.717) is 5.15 Å². The minimum absolute atomic E-state index is 0.486. The van der Waals surface area contributed by atoms with Gasteiger partial charge >= 0.3 is 0 Å². The molecule has 2 N–H and O–H groups in total. The Hall–Kier alpha value is -2.52. The van der Waals surface area contributed by atoms with Gasteiger partial charge in [0.25, 0.3) is 0 Å². The molecule has 2 aromatic heterocycles. The Morgan fingerprint density at radius 1 is 1.05 bits per heavy atom. The number of hydrogen-bond acceptors (Lipinski definition) is 2. The second-order valence-corrected chi connectivity index (χ2v) is 5.78. The van der Waals surface area contributed by atoms with Crippen LogP contribution in [0.2, 0.25) is 5.15 Å². The highest BCUT2D eigenvalue weighted by molar-refractivity contribution is 6.30. The summed E-state index contributed by atoms with van der Waals surface area (Å²) in [4.78, 5) is 7.68. The molecule has 0 aliphatic heterocycles. The molecule has 22 heavy (non-hydrogen) atoms. The van der Waals surface area contributed by atoms with Crippen LogP contribution in [-0.2, 0) is 0 Å². The van der Waals surface area contributed by atoms with Gasteiger partial charge < -0.3 is 10.3 Å². The summed E-state index contributed by atoms with van der Waals surface area (Å²) in [5.41, 5.74) is 5.17. The minimum Gasteiger partial charge on any atom is -0.359 e. The topological polar surface area (TPSA) is 40.7 Å². The summed E-state index contributed by atoms with van der Waals surface area (Å²) in [5, 5.41) is 6.18. The number of aryl methyl sites for hydroxylation is 1. The van der Waals surface area contributed by atoms with E-state index in [1.54, 1.807) is 0 Å². The molecular formula is C18H14ClN3. The molecule has 2 aromatic carbocycles. The lowest BCUT2D eigenvalue weighted by atomic mass is 10.1. The molecule has 0 saturated carbocycles. The van der Waals surface area contributed by atoms with Crippen molar-refractivity contribution in [3.05, 3.63) is 65.4 Å². The molecule has 0 radical (unpaired) electrons. The van der Waals surface area contributed by atoms with Crippen molar-refractivity contribution in [1.29, 1.82) is 0 Å². The maximum absolute atomic E-state index is 6.13. The number of anilines is 2. The fourth-order valence-corrected chi connectivity index (χ4v) is 2.96. The predicted molar refractivity (Wildman–Crippen MR) is 93.1 cm³/mol. The monoisotopic (exact) mass is 307 g/mol. The van der Waals surface area contributed by atoms with Gasteiger partial charge in [0.15, 0.2) is 0 Å². The van der Waals surface area contributed by atoms with E-state index in [2.05, 4.69) is 46.5 Å². The Morgan fingerprint density at radius 3 is 2.82 bits per heavy atom. The number of halogens is 1. The van der Waals surface area contributed by atoms with E-state index in [-0.39, 0.29) is 0 Å². The molecule has 2 heterocycles. The van der Waals surface area contributed by atoms with Crippen LogP contribution >= 0.6 is 11.6 Å². The van der Waals surface area contributed by atoms with Crippen LogP contribution in [0.5, 0.6) is 0 Å². The Balaban J connectivity index is 1.81. The molecule has 0 aliphatic carbocycles. The molecule has 3 nitrogen and oxygen atoms in total. The summed E-state index contributed by atoms with van der Waals surface area (Å²) in [6.07, 6.45) is 0. The number of H-pyrrole nitrogens is 1. The molecule has 0 amide bonds. The van der Waals surface area contributed by atoms with Gasteiger partial charge in [0.05, 0.1) is 11.2 Å². The Labute approximate surface area is 132 Å². The van der Waals surface area contributed by atoms with Crippen molar-refractivity contribution in [2.75, 3.05) is 5.32 Å². The lowest BCUT2D eigenvalue weighted by molar-refractivity contribution is 1.30. The van der Waals surface area contributed by atoms with E-state index in [1.165, 1.54) is 5.39 Å². The standard InChI is InChI=1S/C18H14ClN3/c1-11-8-12-9-13(6-7-15(12)20-11)21-17-10-18(19)22-16-5-3-2-4-14(16)17/h2-10,20H,1H3,(H,21,22). The molecule has 108 valence electrons. The number of rotatable bonds is 2. The number of pyridine rings is 1. The fraction of sp³-hybridized carbons (Fsp3) is 0.0556. The van der Waals surface area contributed by atoms with Gasteiger partial charge in [-0.25, -0.2) is 4.98 Å². The smallest absolute Gasteiger partial charge is 0.131 e. The summed E-state index contributed by atoms with van der Waals surface area (Å²) in [6.45, 7) is 2.06. The largest absolute Gasteiger partial charge is 0.359 e. The molecule has 0 saturated heterocycles. The van der Waals surface area contributed by atoms with E-state index >= 15 is 0 Å². The molecule has 0 aliphatic rings. The van der Waals surface area contributed by atoms with Crippen LogP contribution in [-0.4, -0.2) is 9.97 Å². The van der Waals surface area contributed by atoms with Crippen molar-refractivity contribution in [2.45, 2.75) is 6.92 Å². The summed E-state index contributed by atoms with van der Waals surface area (Å²) < 4.78 is 0. The lowest BCUT2D eigenvalue weighted by Crippen LogP contribution is -1.93. The summed E-state index contributed by atoms with van der Waals surface area (Å²) in [5.74, 6) is 0. The van der Waals surface area contributed by atoms with Gasteiger partial charge in [-0.05, 0) is 43.3 Å². The summed E-state index contributed by atoms with van der Waals surface area (Å²) in [6, 6.07) is 18.2. The van der Waals surface area contributed by atoms with Gasteiger partial charge in [0.1, 0.15) is 5.15 Å². The highest BCUT2D eigenvalue weighted by Gasteiger charge is 2.06. The molecule has 0 spiro atoms. The Kier molecular flexibility index (Phi) is 3.01. The van der Waals surface area contributed by atoms with Crippen molar-refractivity contribution in [1.82, 2.24) is 9.97 Å². The number of hydrogen-bond donors (Lipinski definition) is 2. The highest BCUT2D eigenvalue weighted by atomic mass is 35.5. The van der Waals surface area contributed by atoms with E-state index < -0.39 is 0 Å². The van der Waals surface area contributed by atoms with Crippen LogP contribution in [0.3, 0.4) is 0 Å².